The van der Waals surface area contributed by atoms with Crippen LogP contribution in [0.2, 0.25) is 5.02 Å². The van der Waals surface area contributed by atoms with Gasteiger partial charge in [0.25, 0.3) is 0 Å². The van der Waals surface area contributed by atoms with E-state index in [2.05, 4.69) is 12.2 Å². The van der Waals surface area contributed by atoms with Crippen molar-refractivity contribution < 1.29 is 9.59 Å². The highest BCUT2D eigenvalue weighted by Gasteiger charge is 2.28. The van der Waals surface area contributed by atoms with Crippen molar-refractivity contribution in [1.29, 1.82) is 0 Å². The fourth-order valence-corrected chi connectivity index (χ4v) is 3.34. The highest BCUT2D eigenvalue weighted by atomic mass is 35.5. The van der Waals surface area contributed by atoms with Crippen molar-refractivity contribution in [2.75, 3.05) is 6.54 Å². The van der Waals surface area contributed by atoms with Crippen LogP contribution in [0.4, 0.5) is 0 Å². The summed E-state index contributed by atoms with van der Waals surface area (Å²) < 4.78 is 0. The van der Waals surface area contributed by atoms with Crippen LogP contribution in [-0.4, -0.2) is 29.3 Å². The molecule has 150 valence electrons. The molecule has 0 heterocycles. The van der Waals surface area contributed by atoms with Crippen molar-refractivity contribution >= 4 is 23.4 Å². The quantitative estimate of drug-likeness (QED) is 0.592. The SMILES string of the molecule is CCCCNC(=O)C(CC)N(Cc1ccccc1)C(=O)Cc1cccc(Cl)c1. The molecule has 1 atom stereocenters. The topological polar surface area (TPSA) is 49.4 Å². The van der Waals surface area contributed by atoms with Gasteiger partial charge in [-0.1, -0.05) is 74.3 Å². The van der Waals surface area contributed by atoms with Crippen molar-refractivity contribution in [2.45, 2.75) is 52.1 Å². The molecule has 1 unspecified atom stereocenters. The Balaban J connectivity index is 2.21. The number of rotatable bonds is 10. The molecule has 2 aromatic carbocycles. The van der Waals surface area contributed by atoms with Gasteiger partial charge in [-0.05, 0) is 36.1 Å². The number of halogens is 1. The molecule has 0 radical (unpaired) electrons. The highest BCUT2D eigenvalue weighted by Crippen LogP contribution is 2.16. The van der Waals surface area contributed by atoms with E-state index in [0.29, 0.717) is 24.5 Å². The normalized spacial score (nSPS) is 11.7. The third-order valence-electron chi connectivity index (χ3n) is 4.66. The van der Waals surface area contributed by atoms with Crippen LogP contribution in [-0.2, 0) is 22.6 Å². The standard InChI is InChI=1S/C23H29ClN2O2/c1-3-5-14-25-23(28)21(4-2)26(17-18-10-7-6-8-11-18)22(27)16-19-12-9-13-20(24)15-19/h6-13,15,21H,3-5,14,16-17H2,1-2H3,(H,25,28). The van der Waals surface area contributed by atoms with E-state index in [1.807, 2.05) is 49.4 Å². The van der Waals surface area contributed by atoms with E-state index in [1.54, 1.807) is 17.0 Å². The minimum Gasteiger partial charge on any atom is -0.354 e. The Labute approximate surface area is 172 Å². The van der Waals surface area contributed by atoms with Crippen molar-refractivity contribution in [1.82, 2.24) is 10.2 Å². The molecule has 0 aliphatic carbocycles. The summed E-state index contributed by atoms with van der Waals surface area (Å²) in [5.41, 5.74) is 1.85. The van der Waals surface area contributed by atoms with Gasteiger partial charge in [0.2, 0.25) is 11.8 Å². The second-order valence-electron chi connectivity index (χ2n) is 6.88. The molecule has 4 nitrogen and oxygen atoms in total. The molecule has 5 heteroatoms. The third-order valence-corrected chi connectivity index (χ3v) is 4.89. The number of nitrogens with one attached hydrogen (secondary N) is 1. The number of amides is 2. The van der Waals surface area contributed by atoms with E-state index in [0.717, 1.165) is 24.0 Å². The summed E-state index contributed by atoms with van der Waals surface area (Å²) in [6, 6.07) is 16.6. The first kappa shape index (κ1) is 22.0. The summed E-state index contributed by atoms with van der Waals surface area (Å²) in [5.74, 6) is -0.171. The predicted octanol–water partition coefficient (Wildman–Crippen LogP) is 4.61. The molecule has 0 aliphatic rings. The zero-order valence-electron chi connectivity index (χ0n) is 16.7. The Hall–Kier alpha value is -2.33. The van der Waals surface area contributed by atoms with Gasteiger partial charge in [-0.3, -0.25) is 9.59 Å². The van der Waals surface area contributed by atoms with Crippen LogP contribution in [0.25, 0.3) is 0 Å². The lowest BCUT2D eigenvalue weighted by Gasteiger charge is -2.31. The molecule has 0 aliphatic heterocycles. The van der Waals surface area contributed by atoms with Crippen molar-refractivity contribution in [2.24, 2.45) is 0 Å². The molecular formula is C23H29ClN2O2. The number of benzene rings is 2. The smallest absolute Gasteiger partial charge is 0.242 e. The van der Waals surface area contributed by atoms with Crippen LogP contribution >= 0.6 is 11.6 Å². The first-order chi connectivity index (χ1) is 13.5. The van der Waals surface area contributed by atoms with Gasteiger partial charge in [0, 0.05) is 18.1 Å². The van der Waals surface area contributed by atoms with E-state index >= 15 is 0 Å². The number of unbranched alkanes of at least 4 members (excludes halogenated alkanes) is 1. The maximum Gasteiger partial charge on any atom is 0.242 e. The number of hydrogen-bond acceptors (Lipinski definition) is 2. The largest absolute Gasteiger partial charge is 0.354 e. The first-order valence-electron chi connectivity index (χ1n) is 9.90. The minimum absolute atomic E-state index is 0.0800. The molecular weight excluding hydrogens is 372 g/mol. The van der Waals surface area contributed by atoms with Crippen LogP contribution in [0.15, 0.2) is 54.6 Å². The Kier molecular flexibility index (Phi) is 9.02. The summed E-state index contributed by atoms with van der Waals surface area (Å²) in [7, 11) is 0. The van der Waals surface area contributed by atoms with Crippen LogP contribution < -0.4 is 5.32 Å². The average molecular weight is 401 g/mol. The molecule has 0 bridgehead atoms. The molecule has 0 aromatic heterocycles. The number of carbonyl (C=O) groups excluding carboxylic acids is 2. The number of hydrogen-bond donors (Lipinski definition) is 1. The van der Waals surface area contributed by atoms with Gasteiger partial charge in [-0.15, -0.1) is 0 Å². The van der Waals surface area contributed by atoms with Crippen molar-refractivity contribution in [3.05, 3.63) is 70.7 Å². The highest BCUT2D eigenvalue weighted by molar-refractivity contribution is 6.30. The van der Waals surface area contributed by atoms with Gasteiger partial charge in [0.15, 0.2) is 0 Å². The monoisotopic (exact) mass is 400 g/mol. The number of nitrogens with zero attached hydrogens (tertiary/aromatic N) is 1. The maximum atomic E-state index is 13.2. The van der Waals surface area contributed by atoms with Crippen LogP contribution in [0.3, 0.4) is 0 Å². The summed E-state index contributed by atoms with van der Waals surface area (Å²) in [5, 5.41) is 3.58. The lowest BCUT2D eigenvalue weighted by Crippen LogP contribution is -2.49. The van der Waals surface area contributed by atoms with Crippen molar-refractivity contribution in [3.63, 3.8) is 0 Å². The second-order valence-corrected chi connectivity index (χ2v) is 7.32. The van der Waals surface area contributed by atoms with Gasteiger partial charge in [-0.25, -0.2) is 0 Å². The van der Waals surface area contributed by atoms with E-state index < -0.39 is 6.04 Å². The molecule has 0 saturated heterocycles. The summed E-state index contributed by atoms with van der Waals surface area (Å²) in [4.78, 5) is 27.6. The summed E-state index contributed by atoms with van der Waals surface area (Å²) in [6.45, 7) is 5.06. The van der Waals surface area contributed by atoms with Gasteiger partial charge < -0.3 is 10.2 Å². The molecule has 0 spiro atoms. The molecule has 1 N–H and O–H groups in total. The van der Waals surface area contributed by atoms with Gasteiger partial charge >= 0.3 is 0 Å². The van der Waals surface area contributed by atoms with E-state index in [1.165, 1.54) is 0 Å². The van der Waals surface area contributed by atoms with Crippen LogP contribution in [0.5, 0.6) is 0 Å². The lowest BCUT2D eigenvalue weighted by molar-refractivity contribution is -0.140. The molecule has 2 aromatic rings. The van der Waals surface area contributed by atoms with Gasteiger partial charge in [0.1, 0.15) is 6.04 Å². The number of carbonyl (C=O) groups is 2. The Morgan fingerprint density at radius 2 is 1.75 bits per heavy atom. The van der Waals surface area contributed by atoms with E-state index in [9.17, 15) is 9.59 Å². The zero-order chi connectivity index (χ0) is 20.4. The Morgan fingerprint density at radius 3 is 2.39 bits per heavy atom. The minimum atomic E-state index is -0.497. The second kappa shape index (κ2) is 11.5. The first-order valence-corrected chi connectivity index (χ1v) is 10.3. The van der Waals surface area contributed by atoms with Gasteiger partial charge in [-0.2, -0.15) is 0 Å². The Bertz CT molecular complexity index is 764. The average Bonchev–Trinajstić information content (AvgIpc) is 2.69. The molecule has 2 amide bonds. The molecule has 28 heavy (non-hydrogen) atoms. The fourth-order valence-electron chi connectivity index (χ4n) is 3.13. The third kappa shape index (κ3) is 6.68. The van der Waals surface area contributed by atoms with E-state index in [-0.39, 0.29) is 18.2 Å². The molecule has 2 rings (SSSR count). The lowest BCUT2D eigenvalue weighted by atomic mass is 10.1. The Morgan fingerprint density at radius 1 is 1.04 bits per heavy atom. The molecule has 0 saturated carbocycles. The van der Waals surface area contributed by atoms with Crippen LogP contribution in [0.1, 0.15) is 44.2 Å². The van der Waals surface area contributed by atoms with E-state index in [4.69, 9.17) is 11.6 Å². The van der Waals surface area contributed by atoms with Crippen LogP contribution in [0, 0.1) is 0 Å². The fraction of sp³-hybridized carbons (Fsp3) is 0.391. The van der Waals surface area contributed by atoms with Crippen molar-refractivity contribution in [3.8, 4) is 0 Å². The summed E-state index contributed by atoms with van der Waals surface area (Å²) >= 11 is 6.06. The zero-order valence-corrected chi connectivity index (χ0v) is 17.4. The maximum absolute atomic E-state index is 13.2. The molecule has 0 fully saturated rings. The predicted molar refractivity (Wildman–Crippen MR) is 114 cm³/mol. The van der Waals surface area contributed by atoms with Gasteiger partial charge in [0.05, 0.1) is 6.42 Å². The summed E-state index contributed by atoms with van der Waals surface area (Å²) in [6.07, 6.45) is 2.72.